The third-order valence-electron chi connectivity index (χ3n) is 4.09. The summed E-state index contributed by atoms with van der Waals surface area (Å²) < 4.78 is 0. The van der Waals surface area contributed by atoms with Crippen molar-refractivity contribution >= 4 is 17.2 Å². The number of aliphatic hydroxyl groups excluding tert-OH is 1. The SMILES string of the molecule is CCC1(C(=O)NCc2ccc(C#CCO)s2)CCCC1. The van der Waals surface area contributed by atoms with Gasteiger partial charge in [-0.2, -0.15) is 0 Å². The zero-order chi connectivity index (χ0) is 14.4. The van der Waals surface area contributed by atoms with Crippen LogP contribution in [0.1, 0.15) is 48.8 Å². The van der Waals surface area contributed by atoms with Crippen molar-refractivity contribution in [3.8, 4) is 11.8 Å². The Morgan fingerprint density at radius 1 is 1.45 bits per heavy atom. The van der Waals surface area contributed by atoms with Gasteiger partial charge >= 0.3 is 0 Å². The summed E-state index contributed by atoms with van der Waals surface area (Å²) in [4.78, 5) is 14.4. The molecule has 1 aliphatic carbocycles. The fourth-order valence-corrected chi connectivity index (χ4v) is 3.64. The minimum absolute atomic E-state index is 0.122. The Hall–Kier alpha value is -1.31. The van der Waals surface area contributed by atoms with Crippen LogP contribution in [0.4, 0.5) is 0 Å². The summed E-state index contributed by atoms with van der Waals surface area (Å²) in [5, 5.41) is 11.7. The molecule has 1 aromatic heterocycles. The van der Waals surface area contributed by atoms with E-state index in [0.717, 1.165) is 29.0 Å². The van der Waals surface area contributed by atoms with E-state index in [4.69, 9.17) is 5.11 Å². The number of hydrogen-bond donors (Lipinski definition) is 2. The summed E-state index contributed by atoms with van der Waals surface area (Å²) in [5.74, 6) is 5.72. The maximum Gasteiger partial charge on any atom is 0.226 e. The number of carbonyl (C=O) groups excluding carboxylic acids is 1. The third-order valence-corrected chi connectivity index (χ3v) is 5.10. The molecule has 0 aromatic carbocycles. The average Bonchev–Trinajstić information content (AvgIpc) is 3.12. The highest BCUT2D eigenvalue weighted by atomic mass is 32.1. The predicted octanol–water partition coefficient (Wildman–Crippen LogP) is 2.68. The highest BCUT2D eigenvalue weighted by Crippen LogP contribution is 2.41. The van der Waals surface area contributed by atoms with E-state index in [1.165, 1.54) is 12.8 Å². The lowest BCUT2D eigenvalue weighted by molar-refractivity contribution is -0.131. The zero-order valence-corrected chi connectivity index (χ0v) is 12.7. The van der Waals surface area contributed by atoms with E-state index in [9.17, 15) is 4.79 Å². The molecule has 0 spiro atoms. The average molecular weight is 291 g/mol. The van der Waals surface area contributed by atoms with Gasteiger partial charge < -0.3 is 10.4 Å². The summed E-state index contributed by atoms with van der Waals surface area (Å²) in [6.45, 7) is 2.56. The van der Waals surface area contributed by atoms with Crippen molar-refractivity contribution in [2.75, 3.05) is 6.61 Å². The third kappa shape index (κ3) is 3.41. The highest BCUT2D eigenvalue weighted by molar-refractivity contribution is 7.12. The molecule has 0 atom stereocenters. The van der Waals surface area contributed by atoms with Crippen molar-refractivity contribution in [3.05, 3.63) is 21.9 Å². The second-order valence-electron chi connectivity index (χ2n) is 5.25. The molecule has 20 heavy (non-hydrogen) atoms. The molecule has 1 aromatic rings. The molecule has 108 valence electrons. The fraction of sp³-hybridized carbons (Fsp3) is 0.562. The summed E-state index contributed by atoms with van der Waals surface area (Å²) >= 11 is 1.56. The van der Waals surface area contributed by atoms with Gasteiger partial charge in [-0.15, -0.1) is 11.3 Å². The van der Waals surface area contributed by atoms with Gasteiger partial charge in [0.05, 0.1) is 11.4 Å². The molecule has 1 fully saturated rings. The lowest BCUT2D eigenvalue weighted by Crippen LogP contribution is -2.38. The normalized spacial score (nSPS) is 16.5. The monoisotopic (exact) mass is 291 g/mol. The molecule has 1 amide bonds. The lowest BCUT2D eigenvalue weighted by atomic mass is 9.82. The standard InChI is InChI=1S/C16H21NO2S/c1-2-16(9-3-4-10-16)15(19)17-12-14-8-7-13(20-14)6-5-11-18/h7-8,18H,2-4,9-12H2,1H3,(H,17,19). The van der Waals surface area contributed by atoms with E-state index in [0.29, 0.717) is 6.54 Å². The minimum Gasteiger partial charge on any atom is -0.384 e. The van der Waals surface area contributed by atoms with Gasteiger partial charge in [0.15, 0.2) is 0 Å². The van der Waals surface area contributed by atoms with E-state index in [2.05, 4.69) is 24.1 Å². The molecular formula is C16H21NO2S. The van der Waals surface area contributed by atoms with Gasteiger partial charge in [0.2, 0.25) is 5.91 Å². The molecule has 0 radical (unpaired) electrons. The van der Waals surface area contributed by atoms with Gasteiger partial charge in [-0.25, -0.2) is 0 Å². The van der Waals surface area contributed by atoms with Crippen LogP contribution in [-0.2, 0) is 11.3 Å². The van der Waals surface area contributed by atoms with Crippen molar-refractivity contribution in [2.45, 2.75) is 45.6 Å². The van der Waals surface area contributed by atoms with Gasteiger partial charge in [-0.3, -0.25) is 4.79 Å². The molecule has 2 N–H and O–H groups in total. The van der Waals surface area contributed by atoms with Gasteiger partial charge in [-0.05, 0) is 31.4 Å². The number of nitrogens with one attached hydrogen (secondary N) is 1. The molecule has 1 saturated carbocycles. The first-order valence-corrected chi connectivity index (χ1v) is 7.98. The van der Waals surface area contributed by atoms with Crippen LogP contribution < -0.4 is 5.32 Å². The van der Waals surface area contributed by atoms with Crippen LogP contribution in [0.15, 0.2) is 12.1 Å². The first-order chi connectivity index (χ1) is 9.70. The van der Waals surface area contributed by atoms with Crippen LogP contribution in [0.2, 0.25) is 0 Å². The van der Waals surface area contributed by atoms with Crippen molar-refractivity contribution in [1.82, 2.24) is 5.32 Å². The van der Waals surface area contributed by atoms with Gasteiger partial charge in [0.1, 0.15) is 6.61 Å². The summed E-state index contributed by atoms with van der Waals surface area (Å²) in [6, 6.07) is 3.92. The Morgan fingerprint density at radius 2 is 2.20 bits per heavy atom. The quantitative estimate of drug-likeness (QED) is 0.838. The smallest absolute Gasteiger partial charge is 0.226 e. The Morgan fingerprint density at radius 3 is 2.85 bits per heavy atom. The highest BCUT2D eigenvalue weighted by Gasteiger charge is 2.38. The molecule has 0 saturated heterocycles. The van der Waals surface area contributed by atoms with E-state index in [-0.39, 0.29) is 17.9 Å². The topological polar surface area (TPSA) is 49.3 Å². The molecule has 1 heterocycles. The number of aliphatic hydroxyl groups is 1. The van der Waals surface area contributed by atoms with Gasteiger partial charge in [0, 0.05) is 10.3 Å². The van der Waals surface area contributed by atoms with E-state index < -0.39 is 0 Å². The van der Waals surface area contributed by atoms with Crippen molar-refractivity contribution < 1.29 is 9.90 Å². The Bertz CT molecular complexity index is 518. The second-order valence-corrected chi connectivity index (χ2v) is 6.42. The van der Waals surface area contributed by atoms with E-state index >= 15 is 0 Å². The van der Waals surface area contributed by atoms with Crippen LogP contribution in [0.5, 0.6) is 0 Å². The molecule has 4 heteroatoms. The number of amides is 1. The predicted molar refractivity (Wildman–Crippen MR) is 81.3 cm³/mol. The maximum absolute atomic E-state index is 12.4. The Balaban J connectivity index is 1.91. The number of rotatable bonds is 4. The van der Waals surface area contributed by atoms with Crippen molar-refractivity contribution in [2.24, 2.45) is 5.41 Å². The molecule has 0 unspecified atom stereocenters. The lowest BCUT2D eigenvalue weighted by Gasteiger charge is -2.25. The first kappa shape index (κ1) is 15.1. The van der Waals surface area contributed by atoms with Crippen LogP contribution >= 0.6 is 11.3 Å². The zero-order valence-electron chi connectivity index (χ0n) is 11.9. The van der Waals surface area contributed by atoms with Crippen LogP contribution in [0.25, 0.3) is 0 Å². The Labute approximate surface area is 124 Å². The molecular weight excluding hydrogens is 270 g/mol. The number of hydrogen-bond acceptors (Lipinski definition) is 3. The largest absolute Gasteiger partial charge is 0.384 e. The summed E-state index contributed by atoms with van der Waals surface area (Å²) in [6.07, 6.45) is 5.30. The number of carbonyl (C=O) groups is 1. The van der Waals surface area contributed by atoms with Crippen LogP contribution in [0, 0.1) is 17.3 Å². The Kier molecular flexibility index (Phi) is 5.22. The minimum atomic E-state index is -0.128. The molecule has 2 rings (SSSR count). The first-order valence-electron chi connectivity index (χ1n) is 7.17. The van der Waals surface area contributed by atoms with Crippen LogP contribution in [0.3, 0.4) is 0 Å². The van der Waals surface area contributed by atoms with Gasteiger partial charge in [0.25, 0.3) is 0 Å². The molecule has 3 nitrogen and oxygen atoms in total. The van der Waals surface area contributed by atoms with Crippen molar-refractivity contribution in [1.29, 1.82) is 0 Å². The summed E-state index contributed by atoms with van der Waals surface area (Å²) in [7, 11) is 0. The second kappa shape index (κ2) is 6.92. The number of thiophene rings is 1. The molecule has 1 aliphatic rings. The molecule has 0 bridgehead atoms. The van der Waals surface area contributed by atoms with Gasteiger partial charge in [-0.1, -0.05) is 31.6 Å². The fourth-order valence-electron chi connectivity index (χ4n) is 2.81. The maximum atomic E-state index is 12.4. The van der Waals surface area contributed by atoms with Crippen LogP contribution in [-0.4, -0.2) is 17.6 Å². The van der Waals surface area contributed by atoms with E-state index in [1.54, 1.807) is 11.3 Å². The summed E-state index contributed by atoms with van der Waals surface area (Å²) in [5.41, 5.74) is -0.128. The van der Waals surface area contributed by atoms with Crippen molar-refractivity contribution in [3.63, 3.8) is 0 Å². The van der Waals surface area contributed by atoms with E-state index in [1.807, 2.05) is 12.1 Å². The molecule has 0 aliphatic heterocycles.